The molecule has 1 heterocycles. The van der Waals surface area contributed by atoms with Crippen LogP contribution in [-0.4, -0.2) is 33.7 Å². The largest absolute Gasteiger partial charge is 0.350 e. The number of carbonyl (C=O) groups excluding carboxylic acids is 2. The van der Waals surface area contributed by atoms with Gasteiger partial charge in [-0.3, -0.25) is 14.4 Å². The lowest BCUT2D eigenvalue weighted by Gasteiger charge is -2.20. The SMILES string of the molecule is CCCCn1nc(C(=O)NCC(=O)NC(C)(C)C)ccc1=O. The molecule has 0 aliphatic heterocycles. The maximum Gasteiger partial charge on any atom is 0.272 e. The Hall–Kier alpha value is -2.18. The van der Waals surface area contributed by atoms with Crippen LogP contribution >= 0.6 is 0 Å². The molecule has 0 atom stereocenters. The molecule has 0 saturated heterocycles. The molecule has 2 amide bonds. The van der Waals surface area contributed by atoms with Gasteiger partial charge in [0.05, 0.1) is 6.54 Å². The van der Waals surface area contributed by atoms with Gasteiger partial charge in [0.1, 0.15) is 5.69 Å². The fourth-order valence-corrected chi connectivity index (χ4v) is 1.75. The van der Waals surface area contributed by atoms with E-state index in [1.165, 1.54) is 16.8 Å². The Bertz CT molecular complexity index is 587. The Kier molecular flexibility index (Phi) is 6.27. The highest BCUT2D eigenvalue weighted by atomic mass is 16.2. The van der Waals surface area contributed by atoms with Gasteiger partial charge in [-0.25, -0.2) is 4.68 Å². The minimum atomic E-state index is -0.477. The summed E-state index contributed by atoms with van der Waals surface area (Å²) in [5, 5.41) is 9.26. The van der Waals surface area contributed by atoms with E-state index in [1.807, 2.05) is 27.7 Å². The van der Waals surface area contributed by atoms with E-state index in [1.54, 1.807) is 0 Å². The average molecular weight is 308 g/mol. The number of unbranched alkanes of at least 4 members (excludes halogenated alkanes) is 1. The second-order valence-corrected chi connectivity index (χ2v) is 6.11. The number of nitrogens with one attached hydrogen (secondary N) is 2. The second-order valence-electron chi connectivity index (χ2n) is 6.11. The van der Waals surface area contributed by atoms with E-state index in [2.05, 4.69) is 15.7 Å². The highest BCUT2D eigenvalue weighted by molar-refractivity contribution is 5.94. The van der Waals surface area contributed by atoms with Crippen LogP contribution in [0.25, 0.3) is 0 Å². The van der Waals surface area contributed by atoms with Crippen LogP contribution in [0.1, 0.15) is 51.0 Å². The minimum Gasteiger partial charge on any atom is -0.350 e. The molecule has 1 aromatic rings. The van der Waals surface area contributed by atoms with Crippen molar-refractivity contribution in [2.75, 3.05) is 6.54 Å². The predicted molar refractivity (Wildman–Crippen MR) is 83.6 cm³/mol. The van der Waals surface area contributed by atoms with Crippen molar-refractivity contribution < 1.29 is 9.59 Å². The zero-order chi connectivity index (χ0) is 16.8. The van der Waals surface area contributed by atoms with E-state index in [4.69, 9.17) is 0 Å². The number of aromatic nitrogens is 2. The van der Waals surface area contributed by atoms with Gasteiger partial charge in [0.2, 0.25) is 5.91 Å². The van der Waals surface area contributed by atoms with E-state index in [-0.39, 0.29) is 29.2 Å². The summed E-state index contributed by atoms with van der Waals surface area (Å²) in [6, 6.07) is 2.68. The molecule has 0 saturated carbocycles. The average Bonchev–Trinajstić information content (AvgIpc) is 2.42. The summed E-state index contributed by atoms with van der Waals surface area (Å²) in [5.41, 5.74) is -0.470. The zero-order valence-corrected chi connectivity index (χ0v) is 13.6. The summed E-state index contributed by atoms with van der Waals surface area (Å²) < 4.78 is 1.27. The lowest BCUT2D eigenvalue weighted by atomic mass is 10.1. The number of nitrogens with zero attached hydrogens (tertiary/aromatic N) is 2. The van der Waals surface area contributed by atoms with E-state index in [0.717, 1.165) is 12.8 Å². The monoisotopic (exact) mass is 308 g/mol. The molecule has 122 valence electrons. The van der Waals surface area contributed by atoms with Crippen LogP contribution in [-0.2, 0) is 11.3 Å². The first-order chi connectivity index (χ1) is 10.2. The van der Waals surface area contributed by atoms with Crippen LogP contribution in [0.5, 0.6) is 0 Å². The van der Waals surface area contributed by atoms with Crippen LogP contribution in [0.2, 0.25) is 0 Å². The lowest BCUT2D eigenvalue weighted by molar-refractivity contribution is -0.121. The molecule has 2 N–H and O–H groups in total. The van der Waals surface area contributed by atoms with Gasteiger partial charge in [0.15, 0.2) is 0 Å². The molecule has 1 aromatic heterocycles. The third kappa shape index (κ3) is 6.07. The molecular formula is C15H24N4O3. The molecule has 0 unspecified atom stereocenters. The van der Waals surface area contributed by atoms with Gasteiger partial charge in [-0.1, -0.05) is 13.3 Å². The summed E-state index contributed by atoms with van der Waals surface area (Å²) in [5.74, 6) is -0.755. The molecule has 0 radical (unpaired) electrons. The normalized spacial score (nSPS) is 11.1. The first-order valence-electron chi connectivity index (χ1n) is 7.40. The van der Waals surface area contributed by atoms with Crippen molar-refractivity contribution >= 4 is 11.8 Å². The minimum absolute atomic E-state index is 0.124. The Labute approximate surface area is 130 Å². The van der Waals surface area contributed by atoms with Gasteiger partial charge in [-0.15, -0.1) is 0 Å². The molecule has 0 aliphatic carbocycles. The van der Waals surface area contributed by atoms with Gasteiger partial charge in [0.25, 0.3) is 11.5 Å². The second kappa shape index (κ2) is 7.72. The van der Waals surface area contributed by atoms with Crippen molar-refractivity contribution in [2.24, 2.45) is 0 Å². The van der Waals surface area contributed by atoms with Crippen LogP contribution in [0.15, 0.2) is 16.9 Å². The summed E-state index contributed by atoms with van der Waals surface area (Å²) in [6.45, 7) is 7.93. The quantitative estimate of drug-likeness (QED) is 0.808. The maximum absolute atomic E-state index is 12.0. The number of carbonyl (C=O) groups is 2. The fraction of sp³-hybridized carbons (Fsp3) is 0.600. The van der Waals surface area contributed by atoms with E-state index < -0.39 is 5.91 Å². The van der Waals surface area contributed by atoms with E-state index >= 15 is 0 Å². The molecule has 0 aromatic carbocycles. The molecule has 1 rings (SSSR count). The predicted octanol–water partition coefficient (Wildman–Crippen LogP) is 0.688. The van der Waals surface area contributed by atoms with Crippen molar-refractivity contribution in [1.82, 2.24) is 20.4 Å². The highest BCUT2D eigenvalue weighted by Crippen LogP contribution is 1.98. The molecule has 22 heavy (non-hydrogen) atoms. The molecule has 7 heteroatoms. The van der Waals surface area contributed by atoms with Gasteiger partial charge in [-0.2, -0.15) is 5.10 Å². The first-order valence-corrected chi connectivity index (χ1v) is 7.40. The van der Waals surface area contributed by atoms with Crippen molar-refractivity contribution in [3.05, 3.63) is 28.2 Å². The number of hydrogen-bond acceptors (Lipinski definition) is 4. The standard InChI is InChI=1S/C15H24N4O3/c1-5-6-9-19-13(21)8-7-11(18-19)14(22)16-10-12(20)17-15(2,3)4/h7-8H,5-6,9-10H2,1-4H3,(H,16,22)(H,17,20). The number of aryl methyl sites for hydroxylation is 1. The molecule has 0 spiro atoms. The van der Waals surface area contributed by atoms with E-state index in [0.29, 0.717) is 6.54 Å². The lowest BCUT2D eigenvalue weighted by Crippen LogP contribution is -2.46. The molecule has 7 nitrogen and oxygen atoms in total. The summed E-state index contributed by atoms with van der Waals surface area (Å²) in [6.07, 6.45) is 1.74. The summed E-state index contributed by atoms with van der Waals surface area (Å²) in [7, 11) is 0. The molecule has 0 aliphatic rings. The van der Waals surface area contributed by atoms with Gasteiger partial charge in [-0.05, 0) is 33.3 Å². The Morgan fingerprint density at radius 3 is 2.55 bits per heavy atom. The summed E-state index contributed by atoms with van der Waals surface area (Å²) >= 11 is 0. The van der Waals surface area contributed by atoms with Gasteiger partial charge < -0.3 is 10.6 Å². The molecule has 0 bridgehead atoms. The van der Waals surface area contributed by atoms with Crippen LogP contribution < -0.4 is 16.2 Å². The Balaban J connectivity index is 2.66. The van der Waals surface area contributed by atoms with Crippen molar-refractivity contribution in [1.29, 1.82) is 0 Å². The van der Waals surface area contributed by atoms with Crippen LogP contribution in [0.3, 0.4) is 0 Å². The number of rotatable bonds is 6. The number of amides is 2. The van der Waals surface area contributed by atoms with Gasteiger partial charge in [0, 0.05) is 18.2 Å². The molecule has 0 fully saturated rings. The van der Waals surface area contributed by atoms with Crippen molar-refractivity contribution in [3.63, 3.8) is 0 Å². The fourth-order valence-electron chi connectivity index (χ4n) is 1.75. The Morgan fingerprint density at radius 1 is 1.27 bits per heavy atom. The maximum atomic E-state index is 12.0. The summed E-state index contributed by atoms with van der Waals surface area (Å²) in [4.78, 5) is 35.3. The van der Waals surface area contributed by atoms with E-state index in [9.17, 15) is 14.4 Å². The molecular weight excluding hydrogens is 284 g/mol. The smallest absolute Gasteiger partial charge is 0.272 e. The van der Waals surface area contributed by atoms with Crippen LogP contribution in [0.4, 0.5) is 0 Å². The van der Waals surface area contributed by atoms with Crippen molar-refractivity contribution in [2.45, 2.75) is 52.6 Å². The zero-order valence-electron chi connectivity index (χ0n) is 13.6. The highest BCUT2D eigenvalue weighted by Gasteiger charge is 2.15. The third-order valence-electron chi connectivity index (χ3n) is 2.75. The topological polar surface area (TPSA) is 93.1 Å². The Morgan fingerprint density at radius 2 is 1.95 bits per heavy atom. The third-order valence-corrected chi connectivity index (χ3v) is 2.75. The van der Waals surface area contributed by atoms with Crippen molar-refractivity contribution in [3.8, 4) is 0 Å². The van der Waals surface area contributed by atoms with Gasteiger partial charge >= 0.3 is 0 Å². The van der Waals surface area contributed by atoms with Crippen LogP contribution in [0, 0.1) is 0 Å². The number of hydrogen-bond donors (Lipinski definition) is 2. The first kappa shape index (κ1) is 17.9.